The highest BCUT2D eigenvalue weighted by atomic mass is 32.1. The Morgan fingerprint density at radius 3 is 2.47 bits per heavy atom. The minimum atomic E-state index is -0.259. The van der Waals surface area contributed by atoms with Gasteiger partial charge in [-0.05, 0) is 46.3 Å². The van der Waals surface area contributed by atoms with Crippen molar-refractivity contribution in [1.29, 1.82) is 0 Å². The predicted molar refractivity (Wildman–Crippen MR) is 63.8 cm³/mol. The number of ketones is 1. The van der Waals surface area contributed by atoms with E-state index in [0.717, 1.165) is 13.0 Å². The van der Waals surface area contributed by atoms with Crippen LogP contribution in [0, 0.1) is 5.92 Å². The number of nitrogens with zero attached hydrogens (tertiary/aromatic N) is 1. The molecule has 1 unspecified atom stereocenters. The summed E-state index contributed by atoms with van der Waals surface area (Å²) in [4.78, 5) is 13.2. The predicted octanol–water partition coefficient (Wildman–Crippen LogP) is 2.00. The maximum Gasteiger partial charge on any atom is 0.259 e. The largest absolute Gasteiger partial charge is 0.465 e. The van der Waals surface area contributed by atoms with Crippen molar-refractivity contribution in [1.82, 2.24) is 4.90 Å². The zero-order valence-electron chi connectivity index (χ0n) is 9.87. The first kappa shape index (κ1) is 12.4. The molecule has 4 heteroatoms. The van der Waals surface area contributed by atoms with Crippen LogP contribution in [0.5, 0.6) is 0 Å². The number of Topliss-reactive ketones (excluding diaryl/α,β-unsaturated/α-hetero) is 1. The number of carbonyl (C=O) groups is 1. The molecule has 1 fully saturated rings. The quantitative estimate of drug-likeness (QED) is 0.643. The third-order valence-corrected chi connectivity index (χ3v) is 2.76. The minimum Gasteiger partial charge on any atom is -0.465 e. The lowest BCUT2D eigenvalue weighted by Crippen LogP contribution is -2.35. The van der Waals surface area contributed by atoms with Gasteiger partial charge in [-0.2, -0.15) is 0 Å². The highest BCUT2D eigenvalue weighted by molar-refractivity contribution is 7.80. The summed E-state index contributed by atoms with van der Waals surface area (Å²) in [5.74, 6) is 0.377. The first-order valence-corrected chi connectivity index (χ1v) is 5.69. The monoisotopic (exact) mass is 229 g/mol. The van der Waals surface area contributed by atoms with Gasteiger partial charge in [-0.25, -0.2) is 0 Å². The summed E-state index contributed by atoms with van der Waals surface area (Å²) in [6.45, 7) is 9.10. The first-order chi connectivity index (χ1) is 6.79. The summed E-state index contributed by atoms with van der Waals surface area (Å²) in [7, 11) is 0. The number of hydrogen-bond donors (Lipinski definition) is 0. The molecule has 1 heterocycles. The van der Waals surface area contributed by atoms with Gasteiger partial charge < -0.3 is 9.64 Å². The molecule has 0 spiro atoms. The molecule has 1 aliphatic heterocycles. The molecule has 0 saturated carbocycles. The average Bonchev–Trinajstić information content (AvgIpc) is 2.47. The molecule has 1 aliphatic rings. The molecular weight excluding hydrogens is 210 g/mol. The van der Waals surface area contributed by atoms with E-state index in [9.17, 15) is 4.79 Å². The Kier molecular flexibility index (Phi) is 3.71. The zero-order valence-corrected chi connectivity index (χ0v) is 10.7. The Balaban J connectivity index is 2.47. The van der Waals surface area contributed by atoms with Crippen molar-refractivity contribution >= 4 is 23.2 Å². The van der Waals surface area contributed by atoms with Gasteiger partial charge in [0.05, 0.1) is 0 Å². The molecule has 3 nitrogen and oxygen atoms in total. The second-order valence-corrected chi connectivity index (χ2v) is 5.37. The van der Waals surface area contributed by atoms with E-state index in [1.165, 1.54) is 0 Å². The SMILES string of the molecule is CC(=O)C1CCN(C(=S)OC(C)(C)C)C1. The lowest BCUT2D eigenvalue weighted by molar-refractivity contribution is -0.120. The second kappa shape index (κ2) is 4.47. The summed E-state index contributed by atoms with van der Waals surface area (Å²) in [5.41, 5.74) is -0.259. The van der Waals surface area contributed by atoms with Gasteiger partial charge in [0.15, 0.2) is 0 Å². The molecule has 0 bridgehead atoms. The molecule has 1 atom stereocenters. The van der Waals surface area contributed by atoms with Gasteiger partial charge in [0.2, 0.25) is 0 Å². The van der Waals surface area contributed by atoms with E-state index in [4.69, 9.17) is 17.0 Å². The Hall–Kier alpha value is -0.640. The van der Waals surface area contributed by atoms with Crippen molar-refractivity contribution in [3.63, 3.8) is 0 Å². The molecule has 0 amide bonds. The molecule has 1 saturated heterocycles. The molecule has 0 radical (unpaired) electrons. The van der Waals surface area contributed by atoms with E-state index in [-0.39, 0.29) is 17.3 Å². The molecule has 0 aliphatic carbocycles. The van der Waals surface area contributed by atoms with Crippen molar-refractivity contribution in [2.45, 2.75) is 39.7 Å². The molecule has 0 aromatic heterocycles. The molecule has 15 heavy (non-hydrogen) atoms. The summed E-state index contributed by atoms with van der Waals surface area (Å²) < 4.78 is 5.60. The van der Waals surface area contributed by atoms with Crippen LogP contribution in [0.1, 0.15) is 34.1 Å². The first-order valence-electron chi connectivity index (χ1n) is 5.28. The number of ether oxygens (including phenoxy) is 1. The fourth-order valence-electron chi connectivity index (χ4n) is 1.58. The van der Waals surface area contributed by atoms with Crippen LogP contribution in [0.25, 0.3) is 0 Å². The van der Waals surface area contributed by atoms with Crippen molar-refractivity contribution in [2.75, 3.05) is 13.1 Å². The lowest BCUT2D eigenvalue weighted by atomic mass is 10.1. The van der Waals surface area contributed by atoms with E-state index < -0.39 is 0 Å². The number of likely N-dealkylation sites (tertiary alicyclic amines) is 1. The summed E-state index contributed by atoms with van der Waals surface area (Å²) in [5, 5.41) is 0.520. The van der Waals surface area contributed by atoms with E-state index in [0.29, 0.717) is 11.7 Å². The van der Waals surface area contributed by atoms with Crippen LogP contribution < -0.4 is 0 Å². The Labute approximate surface area is 96.8 Å². The highest BCUT2D eigenvalue weighted by Gasteiger charge is 2.29. The fraction of sp³-hybridized carbons (Fsp3) is 0.818. The van der Waals surface area contributed by atoms with Gasteiger partial charge in [-0.1, -0.05) is 0 Å². The number of thiocarbonyl (C=S) groups is 1. The topological polar surface area (TPSA) is 29.5 Å². The van der Waals surface area contributed by atoms with Gasteiger partial charge in [0.1, 0.15) is 11.4 Å². The molecule has 0 N–H and O–H groups in total. The normalized spacial score (nSPS) is 21.6. The van der Waals surface area contributed by atoms with Gasteiger partial charge in [0, 0.05) is 19.0 Å². The minimum absolute atomic E-state index is 0.131. The van der Waals surface area contributed by atoms with Gasteiger partial charge in [0.25, 0.3) is 5.17 Å². The molecule has 1 rings (SSSR count). The molecule has 0 aromatic carbocycles. The Bertz CT molecular complexity index is 270. The van der Waals surface area contributed by atoms with Gasteiger partial charge >= 0.3 is 0 Å². The lowest BCUT2D eigenvalue weighted by Gasteiger charge is -2.27. The van der Waals surface area contributed by atoms with Crippen LogP contribution in [0.15, 0.2) is 0 Å². The summed E-state index contributed by atoms with van der Waals surface area (Å²) in [6.07, 6.45) is 0.892. The van der Waals surface area contributed by atoms with Crippen molar-refractivity contribution in [3.05, 3.63) is 0 Å². The Morgan fingerprint density at radius 1 is 1.47 bits per heavy atom. The number of rotatable bonds is 1. The molecule has 0 aromatic rings. The standard InChI is InChI=1S/C11H19NO2S/c1-8(13)9-5-6-12(7-9)10(15)14-11(2,3)4/h9H,5-7H2,1-4H3. The Morgan fingerprint density at radius 2 is 2.07 bits per heavy atom. The van der Waals surface area contributed by atoms with Gasteiger partial charge in [-0.3, -0.25) is 4.79 Å². The van der Waals surface area contributed by atoms with E-state index in [1.54, 1.807) is 6.92 Å². The van der Waals surface area contributed by atoms with Crippen LogP contribution in [-0.2, 0) is 9.53 Å². The average molecular weight is 229 g/mol. The van der Waals surface area contributed by atoms with E-state index >= 15 is 0 Å². The smallest absolute Gasteiger partial charge is 0.259 e. The molecular formula is C11H19NO2S. The van der Waals surface area contributed by atoms with Crippen LogP contribution >= 0.6 is 12.2 Å². The van der Waals surface area contributed by atoms with E-state index in [1.807, 2.05) is 25.7 Å². The zero-order chi connectivity index (χ0) is 11.6. The van der Waals surface area contributed by atoms with Crippen molar-refractivity contribution < 1.29 is 9.53 Å². The van der Waals surface area contributed by atoms with Crippen molar-refractivity contribution in [2.24, 2.45) is 5.92 Å². The maximum atomic E-state index is 11.2. The molecule has 86 valence electrons. The maximum absolute atomic E-state index is 11.2. The third kappa shape index (κ3) is 3.78. The van der Waals surface area contributed by atoms with Crippen LogP contribution in [0.2, 0.25) is 0 Å². The summed E-state index contributed by atoms with van der Waals surface area (Å²) in [6, 6.07) is 0. The number of carbonyl (C=O) groups excluding carboxylic acids is 1. The van der Waals surface area contributed by atoms with Crippen LogP contribution in [0.4, 0.5) is 0 Å². The highest BCUT2D eigenvalue weighted by Crippen LogP contribution is 2.20. The van der Waals surface area contributed by atoms with Crippen LogP contribution in [0.3, 0.4) is 0 Å². The fourth-order valence-corrected chi connectivity index (χ4v) is 2.00. The van der Waals surface area contributed by atoms with E-state index in [2.05, 4.69) is 0 Å². The number of hydrogen-bond acceptors (Lipinski definition) is 3. The van der Waals surface area contributed by atoms with Gasteiger partial charge in [-0.15, -0.1) is 0 Å². The summed E-state index contributed by atoms with van der Waals surface area (Å²) >= 11 is 5.19. The van der Waals surface area contributed by atoms with Crippen LogP contribution in [-0.4, -0.2) is 34.5 Å². The second-order valence-electron chi connectivity index (χ2n) is 5.02. The third-order valence-electron chi connectivity index (χ3n) is 2.41. The van der Waals surface area contributed by atoms with Crippen molar-refractivity contribution in [3.8, 4) is 0 Å².